The molecule has 2 aromatic rings. The van der Waals surface area contributed by atoms with Gasteiger partial charge >= 0.3 is 5.91 Å². The van der Waals surface area contributed by atoms with Gasteiger partial charge in [-0.2, -0.15) is 0 Å². The van der Waals surface area contributed by atoms with E-state index >= 15 is 0 Å². The van der Waals surface area contributed by atoms with Gasteiger partial charge in [0.1, 0.15) is 11.5 Å². The number of fused-ring (bicyclic) bond motifs is 2. The van der Waals surface area contributed by atoms with Gasteiger partial charge in [-0.05, 0) is 38.0 Å². The molecular weight excluding hydrogens is 467 g/mol. The average molecular weight is 487 g/mol. The molecule has 2 heterocycles. The SMILES string of the molecule is Cc1c(C(=O)NNC(=O)COc2ccc(Cl)cc2Cl)oc2c1C1(CCC2)SCCS1. The zero-order valence-corrected chi connectivity index (χ0v) is 19.3. The van der Waals surface area contributed by atoms with E-state index in [-0.39, 0.29) is 16.4 Å². The number of thioether (sulfide) groups is 2. The molecule has 30 heavy (non-hydrogen) atoms. The molecule has 1 spiro atoms. The molecule has 1 aliphatic heterocycles. The largest absolute Gasteiger partial charge is 0.482 e. The Morgan fingerprint density at radius 2 is 2.00 bits per heavy atom. The van der Waals surface area contributed by atoms with Crippen molar-refractivity contribution in [2.45, 2.75) is 30.3 Å². The van der Waals surface area contributed by atoms with Crippen LogP contribution in [0.5, 0.6) is 5.75 Å². The number of carbonyl (C=O) groups excluding carboxylic acids is 2. The van der Waals surface area contributed by atoms with Crippen LogP contribution in [0.25, 0.3) is 0 Å². The number of halogens is 2. The molecular formula is C20H20Cl2N2O4S2. The standard InChI is InChI=1S/C20H20Cl2N2O4S2/c1-11-17-15(3-2-6-20(17)29-7-8-30-20)28-18(11)19(26)24-23-16(25)10-27-14-5-4-12(21)9-13(14)22/h4-5,9H,2-3,6-8,10H2,1H3,(H,23,25)(H,24,26). The number of nitrogens with one attached hydrogen (secondary N) is 2. The van der Waals surface area contributed by atoms with Crippen molar-refractivity contribution >= 4 is 58.5 Å². The second kappa shape index (κ2) is 8.94. The van der Waals surface area contributed by atoms with Gasteiger partial charge < -0.3 is 9.15 Å². The highest BCUT2D eigenvalue weighted by Gasteiger charge is 2.45. The minimum Gasteiger partial charge on any atom is -0.482 e. The highest BCUT2D eigenvalue weighted by molar-refractivity contribution is 8.20. The summed E-state index contributed by atoms with van der Waals surface area (Å²) in [6.07, 6.45) is 2.95. The van der Waals surface area contributed by atoms with Gasteiger partial charge in [0.05, 0.1) is 9.10 Å². The molecule has 160 valence electrons. The topological polar surface area (TPSA) is 80.6 Å². The van der Waals surface area contributed by atoms with Crippen LogP contribution in [0.4, 0.5) is 0 Å². The van der Waals surface area contributed by atoms with Gasteiger partial charge in [-0.15, -0.1) is 23.5 Å². The van der Waals surface area contributed by atoms with Gasteiger partial charge in [-0.3, -0.25) is 20.4 Å². The number of aryl methyl sites for hydroxylation is 1. The van der Waals surface area contributed by atoms with E-state index in [0.717, 1.165) is 47.7 Å². The first kappa shape index (κ1) is 21.7. The van der Waals surface area contributed by atoms with E-state index in [9.17, 15) is 9.59 Å². The summed E-state index contributed by atoms with van der Waals surface area (Å²) in [5, 5.41) is 0.768. The molecule has 0 radical (unpaired) electrons. The van der Waals surface area contributed by atoms with Gasteiger partial charge in [0.15, 0.2) is 12.4 Å². The molecule has 1 aromatic heterocycles. The summed E-state index contributed by atoms with van der Waals surface area (Å²) in [7, 11) is 0. The maximum absolute atomic E-state index is 12.6. The molecule has 4 rings (SSSR count). The molecule has 1 fully saturated rings. The van der Waals surface area contributed by atoms with Crippen LogP contribution in [0.3, 0.4) is 0 Å². The fourth-order valence-corrected chi connectivity index (χ4v) is 7.79. The van der Waals surface area contributed by atoms with Gasteiger partial charge in [0.2, 0.25) is 0 Å². The Labute approximate surface area is 192 Å². The molecule has 6 nitrogen and oxygen atoms in total. The van der Waals surface area contributed by atoms with Crippen LogP contribution in [0.1, 0.15) is 40.3 Å². The first-order chi connectivity index (χ1) is 14.4. The van der Waals surface area contributed by atoms with E-state index in [0.29, 0.717) is 15.8 Å². The van der Waals surface area contributed by atoms with Crippen molar-refractivity contribution in [2.24, 2.45) is 0 Å². The minimum atomic E-state index is -0.526. The van der Waals surface area contributed by atoms with Crippen molar-refractivity contribution in [1.29, 1.82) is 0 Å². The van der Waals surface area contributed by atoms with E-state index in [4.69, 9.17) is 32.4 Å². The number of hydrogen-bond donors (Lipinski definition) is 2. The number of ether oxygens (including phenoxy) is 1. The lowest BCUT2D eigenvalue weighted by Crippen LogP contribution is -2.44. The zero-order chi connectivity index (χ0) is 21.3. The van der Waals surface area contributed by atoms with Crippen molar-refractivity contribution in [3.63, 3.8) is 0 Å². The summed E-state index contributed by atoms with van der Waals surface area (Å²) in [5.41, 5.74) is 6.76. The normalized spacial score (nSPS) is 16.9. The van der Waals surface area contributed by atoms with Gasteiger partial charge in [-0.1, -0.05) is 23.2 Å². The number of hydrazine groups is 1. The molecule has 0 atom stereocenters. The Morgan fingerprint density at radius 1 is 1.23 bits per heavy atom. The van der Waals surface area contributed by atoms with E-state index in [1.165, 1.54) is 6.07 Å². The summed E-state index contributed by atoms with van der Waals surface area (Å²) in [4.78, 5) is 24.7. The lowest BCUT2D eigenvalue weighted by Gasteiger charge is -2.31. The van der Waals surface area contributed by atoms with E-state index in [1.807, 2.05) is 30.4 Å². The van der Waals surface area contributed by atoms with Crippen LogP contribution in [-0.2, 0) is 15.3 Å². The van der Waals surface area contributed by atoms with Crippen molar-refractivity contribution in [2.75, 3.05) is 18.1 Å². The lowest BCUT2D eigenvalue weighted by molar-refractivity contribution is -0.123. The van der Waals surface area contributed by atoms with Gasteiger partial charge in [-0.25, -0.2) is 0 Å². The fraction of sp³-hybridized carbons (Fsp3) is 0.400. The quantitative estimate of drug-likeness (QED) is 0.609. The Bertz CT molecular complexity index is 989. The first-order valence-corrected chi connectivity index (χ1v) is 12.2. The fourth-order valence-electron chi connectivity index (χ4n) is 3.77. The third-order valence-electron chi connectivity index (χ3n) is 5.04. The predicted octanol–water partition coefficient (Wildman–Crippen LogP) is 4.70. The van der Waals surface area contributed by atoms with Crippen molar-refractivity contribution < 1.29 is 18.7 Å². The van der Waals surface area contributed by atoms with E-state index < -0.39 is 11.8 Å². The Morgan fingerprint density at radius 3 is 2.73 bits per heavy atom. The monoisotopic (exact) mass is 486 g/mol. The van der Waals surface area contributed by atoms with Crippen molar-refractivity contribution in [3.05, 3.63) is 50.9 Å². The summed E-state index contributed by atoms with van der Waals surface area (Å²) < 4.78 is 11.3. The van der Waals surface area contributed by atoms with Crippen molar-refractivity contribution in [3.8, 4) is 5.75 Å². The smallest absolute Gasteiger partial charge is 0.305 e. The van der Waals surface area contributed by atoms with Crippen LogP contribution in [0.15, 0.2) is 22.6 Å². The summed E-state index contributed by atoms with van der Waals surface area (Å²) in [6, 6.07) is 4.70. The highest BCUT2D eigenvalue weighted by Crippen LogP contribution is 2.59. The summed E-state index contributed by atoms with van der Waals surface area (Å²) in [5.74, 6) is 2.65. The molecule has 10 heteroatoms. The van der Waals surface area contributed by atoms with E-state index in [2.05, 4.69) is 10.9 Å². The number of amides is 2. The number of carbonyl (C=O) groups is 2. The predicted molar refractivity (Wildman–Crippen MR) is 121 cm³/mol. The molecule has 1 aliphatic carbocycles. The second-order valence-electron chi connectivity index (χ2n) is 7.02. The lowest BCUT2D eigenvalue weighted by atomic mass is 9.94. The number of benzene rings is 1. The Balaban J connectivity index is 1.38. The van der Waals surface area contributed by atoms with Gasteiger partial charge in [0, 0.05) is 34.1 Å². The number of furan rings is 1. The molecule has 1 aromatic carbocycles. The van der Waals surface area contributed by atoms with Crippen molar-refractivity contribution in [1.82, 2.24) is 10.9 Å². The van der Waals surface area contributed by atoms with Crippen LogP contribution >= 0.6 is 46.7 Å². The number of hydrogen-bond acceptors (Lipinski definition) is 6. The number of rotatable bonds is 4. The molecule has 0 saturated carbocycles. The van der Waals surface area contributed by atoms with Crippen LogP contribution < -0.4 is 15.6 Å². The molecule has 0 bridgehead atoms. The maximum atomic E-state index is 12.6. The van der Waals surface area contributed by atoms with Crippen LogP contribution in [0, 0.1) is 6.92 Å². The summed E-state index contributed by atoms with van der Waals surface area (Å²) >= 11 is 15.7. The third-order valence-corrected chi connectivity index (χ3v) is 9.10. The van der Waals surface area contributed by atoms with Gasteiger partial charge in [0.25, 0.3) is 5.91 Å². The maximum Gasteiger partial charge on any atom is 0.305 e. The zero-order valence-electron chi connectivity index (χ0n) is 16.2. The molecule has 2 aliphatic rings. The van der Waals surface area contributed by atoms with Crippen LogP contribution in [0.2, 0.25) is 10.0 Å². The van der Waals surface area contributed by atoms with E-state index in [1.54, 1.807) is 12.1 Å². The minimum absolute atomic E-state index is 0.00532. The summed E-state index contributed by atoms with van der Waals surface area (Å²) in [6.45, 7) is 1.60. The Kier molecular flexibility index (Phi) is 6.48. The second-order valence-corrected chi connectivity index (χ2v) is 10.9. The van der Waals surface area contributed by atoms with Crippen LogP contribution in [-0.4, -0.2) is 29.9 Å². The molecule has 0 unspecified atom stereocenters. The Hall–Kier alpha value is -1.48. The molecule has 1 saturated heterocycles. The average Bonchev–Trinajstić information content (AvgIpc) is 3.31. The molecule has 2 amide bonds. The third kappa shape index (κ3) is 4.28. The molecule has 2 N–H and O–H groups in total. The first-order valence-electron chi connectivity index (χ1n) is 9.47. The highest BCUT2D eigenvalue weighted by atomic mass is 35.5.